The highest BCUT2D eigenvalue weighted by molar-refractivity contribution is 5.84. The van der Waals surface area contributed by atoms with Gasteiger partial charge in [-0.15, -0.1) is 0 Å². The van der Waals surface area contributed by atoms with E-state index in [1.54, 1.807) is 19.3 Å². The highest BCUT2D eigenvalue weighted by Crippen LogP contribution is 2.42. The van der Waals surface area contributed by atoms with Gasteiger partial charge in [-0.1, -0.05) is 0 Å². The fourth-order valence-corrected chi connectivity index (χ4v) is 3.80. The molecule has 3 atom stereocenters. The second-order valence-corrected chi connectivity index (χ2v) is 7.10. The lowest BCUT2D eigenvalue weighted by atomic mass is 9.94. The largest absolute Gasteiger partial charge is 0.416 e. The Morgan fingerprint density at radius 3 is 2.50 bits per heavy atom. The van der Waals surface area contributed by atoms with E-state index in [0.717, 1.165) is 12.2 Å². The summed E-state index contributed by atoms with van der Waals surface area (Å²) in [5.74, 6) is -2.13. The van der Waals surface area contributed by atoms with Crippen molar-refractivity contribution in [2.75, 3.05) is 6.54 Å². The lowest BCUT2D eigenvalue weighted by Crippen LogP contribution is -2.60. The van der Waals surface area contributed by atoms with Gasteiger partial charge in [-0.3, -0.25) is 19.2 Å². The van der Waals surface area contributed by atoms with Crippen molar-refractivity contribution in [1.82, 2.24) is 20.0 Å². The van der Waals surface area contributed by atoms with Crippen molar-refractivity contribution in [2.45, 2.75) is 31.2 Å². The van der Waals surface area contributed by atoms with Gasteiger partial charge in [0, 0.05) is 25.5 Å². The summed E-state index contributed by atoms with van der Waals surface area (Å²) in [4.78, 5) is 25.2. The quantitative estimate of drug-likeness (QED) is 0.671. The number of aromatic nitrogens is 2. The maximum absolute atomic E-state index is 13.6. The normalized spacial score (nSPS) is 28.5. The molecule has 1 aromatic heterocycles. The van der Waals surface area contributed by atoms with Crippen LogP contribution >= 0.6 is 0 Å². The summed E-state index contributed by atoms with van der Waals surface area (Å²) in [6, 6.07) is 0.551. The smallest absolute Gasteiger partial charge is 0.369 e. The van der Waals surface area contributed by atoms with Gasteiger partial charge in [-0.05, 0) is 31.6 Å². The van der Waals surface area contributed by atoms with Crippen LogP contribution < -0.4 is 16.8 Å². The third-order valence-electron chi connectivity index (χ3n) is 5.04. The summed E-state index contributed by atoms with van der Waals surface area (Å²) in [6.45, 7) is 1.44. The van der Waals surface area contributed by atoms with Crippen molar-refractivity contribution in [3.8, 4) is 0 Å². The zero-order chi connectivity index (χ0) is 20.9. The molecule has 0 saturated carbocycles. The molecule has 5 N–H and O–H groups in total. The Morgan fingerprint density at radius 1 is 1.32 bits per heavy atom. The molecule has 0 aromatic carbocycles. The van der Waals surface area contributed by atoms with Crippen molar-refractivity contribution >= 4 is 11.8 Å². The number of alkyl halides is 3. The van der Waals surface area contributed by atoms with E-state index < -0.39 is 41.2 Å². The van der Waals surface area contributed by atoms with Crippen LogP contribution in [0.2, 0.25) is 0 Å². The number of hydrogen-bond donors (Lipinski definition) is 3. The molecule has 2 aliphatic rings. The number of likely N-dealkylation sites (tertiary alicyclic amines) is 1. The van der Waals surface area contributed by atoms with Crippen LogP contribution in [0, 0.1) is 5.92 Å². The first-order valence-corrected chi connectivity index (χ1v) is 8.56. The molecule has 3 rings (SSSR count). The fraction of sp³-hybridized carbons (Fsp3) is 0.471. The first kappa shape index (κ1) is 19.9. The molecule has 0 spiro atoms. The van der Waals surface area contributed by atoms with Crippen LogP contribution in [-0.2, 0) is 22.3 Å². The molecule has 0 aliphatic carbocycles. The molecule has 11 heteroatoms. The monoisotopic (exact) mass is 398 g/mol. The Kier molecular flexibility index (Phi) is 4.74. The molecule has 3 heterocycles. The zero-order valence-corrected chi connectivity index (χ0v) is 15.3. The number of aryl methyl sites for hydroxylation is 1. The number of rotatable bonds is 4. The van der Waals surface area contributed by atoms with E-state index >= 15 is 0 Å². The third-order valence-corrected chi connectivity index (χ3v) is 5.04. The van der Waals surface area contributed by atoms with E-state index in [2.05, 4.69) is 10.4 Å². The second kappa shape index (κ2) is 6.66. The Balaban J connectivity index is 2.21. The Morgan fingerprint density at radius 2 is 2.00 bits per heavy atom. The van der Waals surface area contributed by atoms with E-state index in [9.17, 15) is 22.8 Å². The van der Waals surface area contributed by atoms with Crippen molar-refractivity contribution in [3.05, 3.63) is 41.4 Å². The maximum atomic E-state index is 13.6. The van der Waals surface area contributed by atoms with Gasteiger partial charge in [0.05, 0.1) is 17.5 Å². The summed E-state index contributed by atoms with van der Waals surface area (Å²) in [7, 11) is 1.62. The van der Waals surface area contributed by atoms with Crippen LogP contribution in [0.4, 0.5) is 13.2 Å². The molecule has 2 amide bonds. The number of dihydropyridines is 1. The number of nitrogens with one attached hydrogen (secondary N) is 1. The van der Waals surface area contributed by atoms with E-state index in [1.807, 2.05) is 0 Å². The molecule has 1 aromatic rings. The van der Waals surface area contributed by atoms with Crippen LogP contribution in [0.25, 0.3) is 0 Å². The van der Waals surface area contributed by atoms with Gasteiger partial charge in [0.2, 0.25) is 11.8 Å². The van der Waals surface area contributed by atoms with Crippen molar-refractivity contribution < 1.29 is 22.8 Å². The number of nitrogens with two attached hydrogens (primary N) is 2. The first-order valence-electron chi connectivity index (χ1n) is 8.56. The van der Waals surface area contributed by atoms with Crippen molar-refractivity contribution in [1.29, 1.82) is 0 Å². The number of primary amides is 2. The van der Waals surface area contributed by atoms with Crippen LogP contribution in [0.5, 0.6) is 0 Å². The van der Waals surface area contributed by atoms with Gasteiger partial charge in [-0.2, -0.15) is 18.3 Å². The standard InChI is InChI=1S/C17H21F3N6O2/c1-9-5-11(17(18,19)20)7-16(23-9,13-3-4-25(2)24-13)26-8-10(14(21)27)6-12(26)15(22)28/h3-5,7,10,12,23H,6,8H2,1-2H3,(H2,21,27)(H2,22,28). The maximum Gasteiger partial charge on any atom is 0.416 e. The highest BCUT2D eigenvalue weighted by Gasteiger charge is 2.52. The first-order chi connectivity index (χ1) is 12.9. The van der Waals surface area contributed by atoms with Gasteiger partial charge >= 0.3 is 6.18 Å². The minimum atomic E-state index is -4.62. The SMILES string of the molecule is CC1=CC(C(F)(F)F)=CC(c2ccn(C)n2)(N2CC(C(N)=O)CC2C(N)=O)N1. The second-order valence-electron chi connectivity index (χ2n) is 7.10. The van der Waals surface area contributed by atoms with Gasteiger partial charge in [0.1, 0.15) is 5.69 Å². The molecule has 1 fully saturated rings. The summed E-state index contributed by atoms with van der Waals surface area (Å²) in [5.41, 5.74) is 8.87. The third kappa shape index (κ3) is 3.37. The minimum absolute atomic E-state index is 0.0267. The fourth-order valence-electron chi connectivity index (χ4n) is 3.80. The number of amides is 2. The lowest BCUT2D eigenvalue weighted by molar-refractivity contribution is -0.124. The number of halogens is 3. The highest BCUT2D eigenvalue weighted by atomic mass is 19.4. The molecule has 2 aliphatic heterocycles. The molecule has 3 unspecified atom stereocenters. The molecular weight excluding hydrogens is 377 g/mol. The Labute approximate surface area is 159 Å². The minimum Gasteiger partial charge on any atom is -0.369 e. The summed E-state index contributed by atoms with van der Waals surface area (Å²) >= 11 is 0. The average molecular weight is 398 g/mol. The number of carbonyl (C=O) groups is 2. The van der Waals surface area contributed by atoms with Crippen LogP contribution in [0.3, 0.4) is 0 Å². The average Bonchev–Trinajstić information content (AvgIpc) is 3.20. The van der Waals surface area contributed by atoms with Gasteiger partial charge < -0.3 is 16.8 Å². The van der Waals surface area contributed by atoms with Crippen molar-refractivity contribution in [2.24, 2.45) is 24.4 Å². The number of nitrogens with zero attached hydrogens (tertiary/aromatic N) is 3. The number of carbonyl (C=O) groups excluding carboxylic acids is 2. The molecule has 8 nitrogen and oxygen atoms in total. The van der Waals surface area contributed by atoms with Gasteiger partial charge in [-0.25, -0.2) is 0 Å². The summed E-state index contributed by atoms with van der Waals surface area (Å²) in [6.07, 6.45) is -1.06. The molecule has 0 radical (unpaired) electrons. The van der Waals surface area contributed by atoms with Crippen LogP contribution in [0.15, 0.2) is 35.7 Å². The molecule has 28 heavy (non-hydrogen) atoms. The van der Waals surface area contributed by atoms with E-state index in [1.165, 1.54) is 16.5 Å². The van der Waals surface area contributed by atoms with E-state index in [0.29, 0.717) is 0 Å². The van der Waals surface area contributed by atoms with E-state index in [4.69, 9.17) is 11.5 Å². The van der Waals surface area contributed by atoms with E-state index in [-0.39, 0.29) is 24.4 Å². The van der Waals surface area contributed by atoms with Crippen LogP contribution in [-0.4, -0.2) is 45.3 Å². The Hall–Kier alpha value is -2.82. The van der Waals surface area contributed by atoms with Gasteiger partial charge in [0.25, 0.3) is 0 Å². The van der Waals surface area contributed by atoms with Crippen LogP contribution in [0.1, 0.15) is 19.0 Å². The number of allylic oxidation sites excluding steroid dienone is 3. The summed E-state index contributed by atoms with van der Waals surface area (Å²) < 4.78 is 42.2. The summed E-state index contributed by atoms with van der Waals surface area (Å²) in [5, 5.41) is 7.29. The molecule has 152 valence electrons. The molecule has 0 bridgehead atoms. The molecule has 1 saturated heterocycles. The predicted octanol–water partition coefficient (Wildman–Crippen LogP) is 0.230. The number of hydrogen-bond acceptors (Lipinski definition) is 5. The lowest BCUT2D eigenvalue weighted by Gasteiger charge is -2.44. The predicted molar refractivity (Wildman–Crippen MR) is 92.9 cm³/mol. The molecular formula is C17H21F3N6O2. The van der Waals surface area contributed by atoms with Gasteiger partial charge in [0.15, 0.2) is 5.66 Å². The zero-order valence-electron chi connectivity index (χ0n) is 15.3. The Bertz CT molecular complexity index is 874. The topological polar surface area (TPSA) is 119 Å². The van der Waals surface area contributed by atoms with Crippen molar-refractivity contribution in [3.63, 3.8) is 0 Å².